The minimum atomic E-state index is -4.98. The normalized spacial score (nSPS) is 15.0. The number of nitrogens with one attached hydrogen (secondary N) is 2. The zero-order valence-electron chi connectivity index (χ0n) is 20.5. The topological polar surface area (TPSA) is 85.1 Å². The molecule has 3 aromatic carbocycles. The van der Waals surface area contributed by atoms with E-state index in [4.69, 9.17) is 11.6 Å². The Hall–Kier alpha value is -4.33. The predicted octanol–water partition coefficient (Wildman–Crippen LogP) is 5.64. The number of halogens is 8. The maximum atomic E-state index is 14.2. The molecule has 2 N–H and O–H groups in total. The molecular formula is C26H16ClF7N4O3. The van der Waals surface area contributed by atoms with Crippen molar-refractivity contribution < 1.29 is 40.3 Å². The van der Waals surface area contributed by atoms with Crippen LogP contribution >= 0.6 is 11.6 Å². The van der Waals surface area contributed by atoms with E-state index in [9.17, 15) is 45.1 Å². The maximum Gasteiger partial charge on any atom is 0.416 e. The molecular weight excluding hydrogens is 585 g/mol. The van der Waals surface area contributed by atoms with Crippen molar-refractivity contribution in [3.63, 3.8) is 0 Å². The molecule has 1 aliphatic heterocycles. The second-order valence-corrected chi connectivity index (χ2v) is 9.58. The number of carbonyl (C=O) groups is 2. The first-order valence-electron chi connectivity index (χ1n) is 11.7. The van der Waals surface area contributed by atoms with Gasteiger partial charge in [-0.25, -0.2) is 22.4 Å². The molecule has 0 radical (unpaired) electrons. The molecule has 4 aromatic rings. The van der Waals surface area contributed by atoms with Crippen LogP contribution in [0.3, 0.4) is 0 Å². The smallest absolute Gasteiger partial charge is 0.341 e. The highest BCUT2D eigenvalue weighted by atomic mass is 35.5. The van der Waals surface area contributed by atoms with Gasteiger partial charge in [0.1, 0.15) is 11.6 Å². The molecule has 0 saturated heterocycles. The number of imidazole rings is 1. The Morgan fingerprint density at radius 3 is 2.44 bits per heavy atom. The van der Waals surface area contributed by atoms with Crippen LogP contribution in [0.5, 0.6) is 0 Å². The van der Waals surface area contributed by atoms with Crippen molar-refractivity contribution in [2.45, 2.75) is 25.2 Å². The number of aromatic nitrogens is 2. The highest BCUT2D eigenvalue weighted by Crippen LogP contribution is 2.43. The summed E-state index contributed by atoms with van der Waals surface area (Å²) in [6, 6.07) is 4.23. The van der Waals surface area contributed by atoms with Gasteiger partial charge in [-0.05, 0) is 42.5 Å². The summed E-state index contributed by atoms with van der Waals surface area (Å²) >= 11 is 6.26. The first-order chi connectivity index (χ1) is 19.2. The lowest BCUT2D eigenvalue weighted by molar-refractivity contribution is -0.137. The van der Waals surface area contributed by atoms with Crippen molar-refractivity contribution in [1.82, 2.24) is 14.5 Å². The molecule has 5 rings (SSSR count). The summed E-state index contributed by atoms with van der Waals surface area (Å²) < 4.78 is 96.3. The number of amides is 2. The molecule has 0 saturated carbocycles. The molecule has 1 aromatic heterocycles. The zero-order chi connectivity index (χ0) is 30.0. The molecule has 0 fully saturated rings. The molecule has 0 spiro atoms. The number of aryl methyl sites for hydroxylation is 1. The van der Waals surface area contributed by atoms with Crippen molar-refractivity contribution in [3.05, 3.63) is 97.4 Å². The Morgan fingerprint density at radius 1 is 1.07 bits per heavy atom. The van der Waals surface area contributed by atoms with Crippen LogP contribution in [-0.2, 0) is 19.8 Å². The first kappa shape index (κ1) is 28.2. The Labute approximate surface area is 230 Å². The molecule has 2 amide bonds. The van der Waals surface area contributed by atoms with Crippen LogP contribution in [0.25, 0.3) is 11.0 Å². The van der Waals surface area contributed by atoms with E-state index in [1.165, 1.54) is 13.1 Å². The lowest BCUT2D eigenvalue weighted by Crippen LogP contribution is -2.25. The van der Waals surface area contributed by atoms with E-state index in [2.05, 4.69) is 10.6 Å². The number of hydrogen-bond donors (Lipinski definition) is 2. The van der Waals surface area contributed by atoms with Gasteiger partial charge in [0, 0.05) is 34.4 Å². The van der Waals surface area contributed by atoms with Crippen molar-refractivity contribution >= 4 is 40.1 Å². The number of rotatable bonds is 5. The average Bonchev–Trinajstić information content (AvgIpc) is 3.34. The van der Waals surface area contributed by atoms with Gasteiger partial charge in [0.05, 0.1) is 34.7 Å². The van der Waals surface area contributed by atoms with Crippen molar-refractivity contribution in [2.75, 3.05) is 5.32 Å². The van der Waals surface area contributed by atoms with Crippen LogP contribution in [0.15, 0.2) is 47.3 Å². The second-order valence-electron chi connectivity index (χ2n) is 9.18. The summed E-state index contributed by atoms with van der Waals surface area (Å²) in [5.74, 6) is -4.19. The number of carbonyl (C=O) groups excluding carboxylic acids is 2. The van der Waals surface area contributed by atoms with Crippen LogP contribution in [0.1, 0.15) is 43.4 Å². The SMILES string of the molecule is Cn1c(=O)n(CC(F)F)c2cc(NC(=O)c3cc(F)cc(C(F)(F)F)c3)c3c(c21)C(=O)N[C@H]3c1cc(F)ccc1Cl. The van der Waals surface area contributed by atoms with Gasteiger partial charge in [0.25, 0.3) is 18.2 Å². The molecule has 41 heavy (non-hydrogen) atoms. The number of anilines is 1. The number of alkyl halides is 5. The lowest BCUT2D eigenvalue weighted by atomic mass is 9.95. The highest BCUT2D eigenvalue weighted by Gasteiger charge is 2.38. The van der Waals surface area contributed by atoms with Gasteiger partial charge < -0.3 is 10.6 Å². The third-order valence-electron chi connectivity index (χ3n) is 6.58. The molecule has 0 aliphatic carbocycles. The Morgan fingerprint density at radius 2 is 1.78 bits per heavy atom. The number of hydrogen-bond acceptors (Lipinski definition) is 3. The van der Waals surface area contributed by atoms with Gasteiger partial charge >= 0.3 is 11.9 Å². The lowest BCUT2D eigenvalue weighted by Gasteiger charge is -2.19. The number of nitrogens with zero attached hydrogens (tertiary/aromatic N) is 2. The summed E-state index contributed by atoms with van der Waals surface area (Å²) in [7, 11) is 1.23. The van der Waals surface area contributed by atoms with Crippen molar-refractivity contribution in [1.29, 1.82) is 0 Å². The van der Waals surface area contributed by atoms with Gasteiger partial charge in [0.15, 0.2) is 0 Å². The highest BCUT2D eigenvalue weighted by molar-refractivity contribution is 6.31. The van der Waals surface area contributed by atoms with Gasteiger partial charge in [0.2, 0.25) is 0 Å². The molecule has 1 atom stereocenters. The summed E-state index contributed by atoms with van der Waals surface area (Å²) in [6.45, 7) is -1.08. The van der Waals surface area contributed by atoms with E-state index in [-0.39, 0.29) is 44.5 Å². The summed E-state index contributed by atoms with van der Waals surface area (Å²) in [4.78, 5) is 39.2. The average molecular weight is 601 g/mol. The van der Waals surface area contributed by atoms with Crippen LogP contribution in [0.2, 0.25) is 5.02 Å². The molecule has 0 bridgehead atoms. The Bertz CT molecular complexity index is 1810. The third kappa shape index (κ3) is 4.92. The summed E-state index contributed by atoms with van der Waals surface area (Å²) in [5, 5.41) is 4.86. The van der Waals surface area contributed by atoms with Crippen molar-refractivity contribution in [3.8, 4) is 0 Å². The zero-order valence-corrected chi connectivity index (χ0v) is 21.3. The van der Waals surface area contributed by atoms with E-state index in [0.717, 1.165) is 22.8 Å². The van der Waals surface area contributed by atoms with Crippen molar-refractivity contribution in [2.24, 2.45) is 7.05 Å². The molecule has 15 heteroatoms. The predicted molar refractivity (Wildman–Crippen MR) is 133 cm³/mol. The van der Waals surface area contributed by atoms with Gasteiger partial charge in [-0.2, -0.15) is 13.2 Å². The minimum absolute atomic E-state index is 0.00830. The third-order valence-corrected chi connectivity index (χ3v) is 6.92. The number of fused-ring (bicyclic) bond motifs is 3. The summed E-state index contributed by atoms with van der Waals surface area (Å²) in [5.41, 5.74) is -4.01. The van der Waals surface area contributed by atoms with E-state index in [0.29, 0.717) is 16.7 Å². The van der Waals surface area contributed by atoms with Crippen LogP contribution < -0.4 is 16.3 Å². The van der Waals surface area contributed by atoms with Crippen LogP contribution in [-0.4, -0.2) is 27.4 Å². The van der Waals surface area contributed by atoms with E-state index >= 15 is 0 Å². The molecule has 1 aliphatic rings. The fourth-order valence-electron chi connectivity index (χ4n) is 4.87. The fraction of sp³-hybridized carbons (Fsp3) is 0.192. The number of benzene rings is 3. The molecule has 7 nitrogen and oxygen atoms in total. The monoisotopic (exact) mass is 600 g/mol. The molecule has 214 valence electrons. The molecule has 2 heterocycles. The molecule has 0 unspecified atom stereocenters. The Balaban J connectivity index is 1.77. The standard InChI is InChI=1S/C26H16ClF7N4O3/c1-37-22-17(38(25(37)41)9-18(30)31)8-16(35-23(39)10-4-11(26(32,33)34)6-13(29)5-10)19-20(22)24(40)36-21(19)14-7-12(28)2-3-15(14)27/h2-8,18,21H,9H2,1H3,(H,35,39)(H,36,40)/t21-/m0/s1. The van der Waals surface area contributed by atoms with Gasteiger partial charge in [-0.3, -0.25) is 18.7 Å². The van der Waals surface area contributed by atoms with E-state index in [1.807, 2.05) is 0 Å². The van der Waals surface area contributed by atoms with Crippen LogP contribution in [0.4, 0.5) is 36.4 Å². The van der Waals surface area contributed by atoms with E-state index in [1.54, 1.807) is 0 Å². The van der Waals surface area contributed by atoms with Gasteiger partial charge in [-0.15, -0.1) is 0 Å². The fourth-order valence-corrected chi connectivity index (χ4v) is 5.10. The largest absolute Gasteiger partial charge is 0.416 e. The Kier molecular flexibility index (Phi) is 6.84. The van der Waals surface area contributed by atoms with Gasteiger partial charge in [-0.1, -0.05) is 11.6 Å². The maximum absolute atomic E-state index is 14.2. The first-order valence-corrected chi connectivity index (χ1v) is 12.0. The van der Waals surface area contributed by atoms with E-state index < -0.39 is 65.5 Å². The summed E-state index contributed by atoms with van der Waals surface area (Å²) in [6.07, 6.45) is -7.98. The second kappa shape index (κ2) is 9.94. The minimum Gasteiger partial charge on any atom is -0.341 e. The quantitative estimate of drug-likeness (QED) is 0.291. The van der Waals surface area contributed by atoms with Crippen LogP contribution in [0, 0.1) is 11.6 Å².